The second-order valence-electron chi connectivity index (χ2n) is 7.51. The van der Waals surface area contributed by atoms with Crippen LogP contribution in [0.3, 0.4) is 0 Å². The number of nitrogens with one attached hydrogen (secondary N) is 1. The predicted molar refractivity (Wildman–Crippen MR) is 112 cm³/mol. The molecule has 0 fully saturated rings. The molecule has 2 heterocycles. The van der Waals surface area contributed by atoms with Crippen LogP contribution in [0.4, 0.5) is 0 Å². The third kappa shape index (κ3) is 2.95. The van der Waals surface area contributed by atoms with Gasteiger partial charge in [0.15, 0.2) is 0 Å². The summed E-state index contributed by atoms with van der Waals surface area (Å²) in [6, 6.07) is 17.8. The third-order valence-electron chi connectivity index (χ3n) is 5.66. The molecule has 1 unspecified atom stereocenters. The van der Waals surface area contributed by atoms with E-state index in [1.165, 1.54) is 4.90 Å². The first-order chi connectivity index (χ1) is 14.2. The Bertz CT molecular complexity index is 1290. The minimum Gasteiger partial charge on any atom is -0.496 e. The van der Waals surface area contributed by atoms with Crippen molar-refractivity contribution in [1.29, 1.82) is 0 Å². The molecule has 1 aliphatic rings. The quantitative estimate of drug-likeness (QED) is 0.433. The number of rotatable bonds is 3. The van der Waals surface area contributed by atoms with E-state index in [4.69, 9.17) is 13.9 Å². The lowest BCUT2D eigenvalue weighted by Gasteiger charge is -2.28. The monoisotopic (exact) mass is 388 g/mol. The fourth-order valence-corrected chi connectivity index (χ4v) is 4.29. The summed E-state index contributed by atoms with van der Waals surface area (Å²) in [5.74, 6) is 1.73. The van der Waals surface area contributed by atoms with Crippen LogP contribution in [0, 0.1) is 6.92 Å². The maximum atomic E-state index is 12.4. The molecule has 0 bridgehead atoms. The smallest absolute Gasteiger partial charge is 0.344 e. The first kappa shape index (κ1) is 17.8. The highest BCUT2D eigenvalue weighted by atomic mass is 16.5. The van der Waals surface area contributed by atoms with Gasteiger partial charge in [0.05, 0.1) is 12.5 Å². The van der Waals surface area contributed by atoms with Crippen molar-refractivity contribution in [3.8, 4) is 11.5 Å². The molecule has 0 saturated carbocycles. The third-order valence-corrected chi connectivity index (χ3v) is 5.66. The van der Waals surface area contributed by atoms with Crippen LogP contribution in [0.5, 0.6) is 11.5 Å². The molecule has 4 aromatic rings. The van der Waals surface area contributed by atoms with Crippen LogP contribution >= 0.6 is 0 Å². The van der Waals surface area contributed by atoms with Crippen LogP contribution in [0.25, 0.3) is 21.7 Å². The lowest BCUT2D eigenvalue weighted by atomic mass is 10.00. The van der Waals surface area contributed by atoms with E-state index in [9.17, 15) is 4.79 Å². The summed E-state index contributed by atoms with van der Waals surface area (Å²) in [5, 5.41) is 2.48. The van der Waals surface area contributed by atoms with Crippen molar-refractivity contribution in [2.24, 2.45) is 0 Å². The number of quaternary nitrogens is 1. The number of ether oxygens (including phenoxy) is 2. The topological polar surface area (TPSA) is 53.1 Å². The number of fused-ring (bicyclic) bond motifs is 4. The van der Waals surface area contributed by atoms with E-state index in [0.717, 1.165) is 52.1 Å². The van der Waals surface area contributed by atoms with Gasteiger partial charge in [0.2, 0.25) is 6.73 Å². The molecule has 0 amide bonds. The van der Waals surface area contributed by atoms with E-state index in [-0.39, 0.29) is 5.63 Å². The summed E-state index contributed by atoms with van der Waals surface area (Å²) in [6.07, 6.45) is 0. The van der Waals surface area contributed by atoms with E-state index in [0.29, 0.717) is 17.7 Å². The second kappa shape index (κ2) is 6.94. The molecule has 1 atom stereocenters. The molecule has 0 aliphatic carbocycles. The van der Waals surface area contributed by atoms with Crippen LogP contribution < -0.4 is 20.0 Å². The Morgan fingerprint density at radius 3 is 2.62 bits per heavy atom. The Hall–Kier alpha value is -3.31. The number of para-hydroxylation sites is 1. The summed E-state index contributed by atoms with van der Waals surface area (Å²) in [7, 11) is 1.70. The number of methoxy groups -OCH3 is 1. The highest BCUT2D eigenvalue weighted by Crippen LogP contribution is 2.35. The molecule has 1 aromatic heterocycles. The lowest BCUT2D eigenvalue weighted by molar-refractivity contribution is -0.945. The van der Waals surface area contributed by atoms with E-state index in [2.05, 4.69) is 12.1 Å². The molecular formula is C24H22NO4+. The normalized spacial score (nSPS) is 15.9. The Labute approximate surface area is 168 Å². The van der Waals surface area contributed by atoms with Crippen molar-refractivity contribution in [2.75, 3.05) is 13.8 Å². The summed E-state index contributed by atoms with van der Waals surface area (Å²) >= 11 is 0. The van der Waals surface area contributed by atoms with Gasteiger partial charge in [-0.05, 0) is 36.6 Å². The van der Waals surface area contributed by atoms with E-state index >= 15 is 0 Å². The van der Waals surface area contributed by atoms with Gasteiger partial charge in [-0.25, -0.2) is 4.79 Å². The first-order valence-electron chi connectivity index (χ1n) is 9.72. The van der Waals surface area contributed by atoms with Gasteiger partial charge in [0, 0.05) is 22.1 Å². The fraction of sp³-hybridized carbons (Fsp3) is 0.208. The summed E-state index contributed by atoms with van der Waals surface area (Å²) in [5.41, 5.74) is 3.48. The Morgan fingerprint density at radius 2 is 1.79 bits per heavy atom. The van der Waals surface area contributed by atoms with Crippen molar-refractivity contribution in [3.05, 3.63) is 81.7 Å². The van der Waals surface area contributed by atoms with E-state index in [1.807, 2.05) is 49.4 Å². The Balaban J connectivity index is 1.58. The van der Waals surface area contributed by atoms with Crippen LogP contribution in [-0.2, 0) is 13.1 Å². The molecule has 5 rings (SSSR count). The molecule has 29 heavy (non-hydrogen) atoms. The molecule has 0 spiro atoms. The van der Waals surface area contributed by atoms with Crippen LogP contribution in [0.1, 0.15) is 16.7 Å². The van der Waals surface area contributed by atoms with Gasteiger partial charge >= 0.3 is 5.63 Å². The van der Waals surface area contributed by atoms with Crippen LogP contribution in [0.15, 0.2) is 63.8 Å². The van der Waals surface area contributed by atoms with Gasteiger partial charge in [0.1, 0.15) is 30.2 Å². The van der Waals surface area contributed by atoms with Crippen LogP contribution in [-0.4, -0.2) is 13.8 Å². The molecule has 0 saturated heterocycles. The largest absolute Gasteiger partial charge is 0.496 e. The average molecular weight is 388 g/mol. The zero-order valence-corrected chi connectivity index (χ0v) is 16.5. The molecule has 1 N–H and O–H groups in total. The van der Waals surface area contributed by atoms with Crippen molar-refractivity contribution >= 4 is 21.7 Å². The van der Waals surface area contributed by atoms with Gasteiger partial charge in [0.25, 0.3) is 0 Å². The van der Waals surface area contributed by atoms with Gasteiger partial charge < -0.3 is 13.9 Å². The van der Waals surface area contributed by atoms with Crippen molar-refractivity contribution in [2.45, 2.75) is 20.0 Å². The Morgan fingerprint density at radius 1 is 1.03 bits per heavy atom. The summed E-state index contributed by atoms with van der Waals surface area (Å²) < 4.78 is 17.3. The molecule has 3 aromatic carbocycles. The summed E-state index contributed by atoms with van der Waals surface area (Å²) in [6.45, 7) is 4.15. The minimum absolute atomic E-state index is 0.310. The Kier molecular flexibility index (Phi) is 4.25. The van der Waals surface area contributed by atoms with Gasteiger partial charge in [-0.15, -0.1) is 0 Å². The standard InChI is InChI=1S/C24H21NO4/c1-15-22-17(11-20-18-8-4-5-9-19(18)24(26)29-23(15)20)13-25(14-28-22)12-16-7-3-6-10-21(16)27-2/h3-11H,12-14H2,1-2H3/p+1. The maximum absolute atomic E-state index is 12.4. The number of aryl methyl sites for hydroxylation is 1. The molecule has 0 radical (unpaired) electrons. The van der Waals surface area contributed by atoms with Crippen molar-refractivity contribution < 1.29 is 18.8 Å². The molecule has 5 heteroatoms. The predicted octanol–water partition coefficient (Wildman–Crippen LogP) is 3.20. The number of benzene rings is 3. The average Bonchev–Trinajstić information content (AvgIpc) is 2.75. The highest BCUT2D eigenvalue weighted by Gasteiger charge is 2.26. The van der Waals surface area contributed by atoms with Crippen molar-refractivity contribution in [3.63, 3.8) is 0 Å². The molecular weight excluding hydrogens is 366 g/mol. The van der Waals surface area contributed by atoms with Crippen LogP contribution in [0.2, 0.25) is 0 Å². The fourth-order valence-electron chi connectivity index (χ4n) is 4.29. The lowest BCUT2D eigenvalue weighted by Crippen LogP contribution is -3.10. The molecule has 5 nitrogen and oxygen atoms in total. The zero-order valence-electron chi connectivity index (χ0n) is 16.5. The van der Waals surface area contributed by atoms with Gasteiger partial charge in [-0.3, -0.25) is 4.90 Å². The van der Waals surface area contributed by atoms with Gasteiger partial charge in [-0.2, -0.15) is 0 Å². The van der Waals surface area contributed by atoms with E-state index < -0.39 is 0 Å². The minimum atomic E-state index is -0.310. The zero-order chi connectivity index (χ0) is 20.0. The molecule has 146 valence electrons. The second-order valence-corrected chi connectivity index (χ2v) is 7.51. The van der Waals surface area contributed by atoms with E-state index in [1.54, 1.807) is 7.11 Å². The number of hydrogen-bond donors (Lipinski definition) is 1. The maximum Gasteiger partial charge on any atom is 0.344 e. The van der Waals surface area contributed by atoms with Gasteiger partial charge in [-0.1, -0.05) is 30.3 Å². The van der Waals surface area contributed by atoms with Crippen molar-refractivity contribution in [1.82, 2.24) is 0 Å². The SMILES string of the molecule is COc1ccccc1C[NH+]1COc2c(cc3c(oc(=O)c4ccccc43)c2C)C1. The first-order valence-corrected chi connectivity index (χ1v) is 9.72. The molecule has 1 aliphatic heterocycles. The summed E-state index contributed by atoms with van der Waals surface area (Å²) in [4.78, 5) is 13.7. The highest BCUT2D eigenvalue weighted by molar-refractivity contribution is 6.06. The number of hydrogen-bond acceptors (Lipinski definition) is 4.